The largest absolute Gasteiger partial charge is 0.461 e. The monoisotopic (exact) mass is 488 g/mol. The summed E-state index contributed by atoms with van der Waals surface area (Å²) >= 11 is 3.42. The minimum atomic E-state index is -0.825. The Morgan fingerprint density at radius 2 is 1.75 bits per heavy atom. The van der Waals surface area contributed by atoms with Gasteiger partial charge in [0.25, 0.3) is 0 Å². The normalized spacial score (nSPS) is 25.7. The molecule has 0 spiro atoms. The van der Waals surface area contributed by atoms with Crippen molar-refractivity contribution in [3.8, 4) is 0 Å². The summed E-state index contributed by atoms with van der Waals surface area (Å²) in [5.74, 6) is -2.23. The standard InChI is InChI=1S/C25H17BrN2O4/c26-15-6-3-7-16(13-15)28-24(30)19-20(25(28)31)22(23(29)18-9-4-12-32-18)27-11-10-14-5-1-2-8-17(14)21(19)27/h1-13,19-22H/t19-,20+,21?,22-/m0/s1. The Morgan fingerprint density at radius 1 is 0.938 bits per heavy atom. The van der Waals surface area contributed by atoms with E-state index in [1.165, 1.54) is 11.2 Å². The molecule has 7 heteroatoms. The molecule has 3 aliphatic heterocycles. The van der Waals surface area contributed by atoms with E-state index >= 15 is 0 Å². The van der Waals surface area contributed by atoms with E-state index < -0.39 is 23.9 Å². The molecular weight excluding hydrogens is 472 g/mol. The molecule has 4 atom stereocenters. The number of anilines is 1. The highest BCUT2D eigenvalue weighted by molar-refractivity contribution is 9.10. The second-order valence-electron chi connectivity index (χ2n) is 8.17. The van der Waals surface area contributed by atoms with Gasteiger partial charge < -0.3 is 9.32 Å². The number of amides is 2. The van der Waals surface area contributed by atoms with E-state index in [9.17, 15) is 14.4 Å². The maximum absolute atomic E-state index is 13.7. The number of hydrogen-bond acceptors (Lipinski definition) is 5. The van der Waals surface area contributed by atoms with E-state index in [0.29, 0.717) is 5.69 Å². The fourth-order valence-corrected chi connectivity index (χ4v) is 5.68. The molecular formula is C25H17BrN2O4. The smallest absolute Gasteiger partial charge is 0.240 e. The first-order valence-electron chi connectivity index (χ1n) is 10.3. The number of hydrogen-bond donors (Lipinski definition) is 0. The molecule has 0 aliphatic carbocycles. The summed E-state index contributed by atoms with van der Waals surface area (Å²) in [7, 11) is 0. The van der Waals surface area contributed by atoms with Crippen molar-refractivity contribution in [3.05, 3.63) is 94.5 Å². The summed E-state index contributed by atoms with van der Waals surface area (Å²) < 4.78 is 6.15. The van der Waals surface area contributed by atoms with Gasteiger partial charge >= 0.3 is 0 Å². The van der Waals surface area contributed by atoms with Crippen molar-refractivity contribution < 1.29 is 18.8 Å². The molecule has 0 bridgehead atoms. The molecule has 0 radical (unpaired) electrons. The van der Waals surface area contributed by atoms with E-state index in [0.717, 1.165) is 15.6 Å². The van der Waals surface area contributed by atoms with Crippen LogP contribution in [0.5, 0.6) is 0 Å². The third-order valence-corrected chi connectivity index (χ3v) is 7.05. The number of carbonyl (C=O) groups excluding carboxylic acids is 3. The molecule has 6 rings (SSSR count). The third-order valence-electron chi connectivity index (χ3n) is 6.56. The van der Waals surface area contributed by atoms with Crippen molar-refractivity contribution in [1.29, 1.82) is 0 Å². The van der Waals surface area contributed by atoms with Crippen LogP contribution in [-0.2, 0) is 9.59 Å². The molecule has 0 N–H and O–H groups in total. The highest BCUT2D eigenvalue weighted by Gasteiger charge is 2.64. The van der Waals surface area contributed by atoms with Crippen LogP contribution in [-0.4, -0.2) is 28.5 Å². The number of halogens is 1. The zero-order valence-corrected chi connectivity index (χ0v) is 18.3. The second-order valence-corrected chi connectivity index (χ2v) is 9.08. The Balaban J connectivity index is 1.51. The average Bonchev–Trinajstić information content (AvgIpc) is 3.50. The van der Waals surface area contributed by atoms with Crippen LogP contribution in [0.2, 0.25) is 0 Å². The topological polar surface area (TPSA) is 70.8 Å². The second kappa shape index (κ2) is 7.03. The maximum atomic E-state index is 13.7. The minimum Gasteiger partial charge on any atom is -0.461 e. The van der Waals surface area contributed by atoms with Crippen molar-refractivity contribution in [2.45, 2.75) is 12.1 Å². The van der Waals surface area contributed by atoms with Gasteiger partial charge in [-0.3, -0.25) is 14.4 Å². The number of benzene rings is 2. The summed E-state index contributed by atoms with van der Waals surface area (Å²) in [6.07, 6.45) is 5.20. The van der Waals surface area contributed by atoms with Gasteiger partial charge in [0.05, 0.1) is 29.8 Å². The molecule has 3 aromatic rings. The number of rotatable bonds is 3. The lowest BCUT2D eigenvalue weighted by Crippen LogP contribution is -2.44. The molecule has 1 unspecified atom stereocenters. The predicted molar refractivity (Wildman–Crippen MR) is 120 cm³/mol. The van der Waals surface area contributed by atoms with E-state index in [1.807, 2.05) is 47.5 Å². The minimum absolute atomic E-state index is 0.183. The van der Waals surface area contributed by atoms with Crippen LogP contribution < -0.4 is 4.90 Å². The van der Waals surface area contributed by atoms with Crippen LogP contribution in [0.4, 0.5) is 5.69 Å². The van der Waals surface area contributed by atoms with Crippen molar-refractivity contribution >= 4 is 45.3 Å². The number of imide groups is 1. The highest BCUT2D eigenvalue weighted by Crippen LogP contribution is 2.53. The van der Waals surface area contributed by atoms with E-state index in [-0.39, 0.29) is 23.4 Å². The van der Waals surface area contributed by atoms with Crippen LogP contribution in [0.15, 0.2) is 82.0 Å². The Labute approximate surface area is 192 Å². The summed E-state index contributed by atoms with van der Waals surface area (Å²) in [5, 5.41) is 0. The number of furan rings is 1. The van der Waals surface area contributed by atoms with E-state index in [4.69, 9.17) is 4.42 Å². The van der Waals surface area contributed by atoms with Gasteiger partial charge in [-0.05, 0) is 47.5 Å². The summed E-state index contributed by atoms with van der Waals surface area (Å²) in [5.41, 5.74) is 2.43. The molecule has 4 heterocycles. The van der Waals surface area contributed by atoms with Gasteiger partial charge in [0.2, 0.25) is 17.6 Å². The summed E-state index contributed by atoms with van der Waals surface area (Å²) in [6, 6.07) is 16.9. The molecule has 2 aromatic carbocycles. The first kappa shape index (κ1) is 19.3. The number of carbonyl (C=O) groups is 3. The van der Waals surface area contributed by atoms with Crippen molar-refractivity contribution in [1.82, 2.24) is 4.90 Å². The van der Waals surface area contributed by atoms with Gasteiger partial charge in [-0.2, -0.15) is 0 Å². The Morgan fingerprint density at radius 3 is 2.53 bits per heavy atom. The van der Waals surface area contributed by atoms with Crippen molar-refractivity contribution in [2.75, 3.05) is 4.90 Å². The lowest BCUT2D eigenvalue weighted by atomic mass is 9.84. The molecule has 32 heavy (non-hydrogen) atoms. The zero-order chi connectivity index (χ0) is 22.0. The van der Waals surface area contributed by atoms with Crippen LogP contribution in [0.3, 0.4) is 0 Å². The molecule has 1 aromatic heterocycles. The van der Waals surface area contributed by atoms with Crippen LogP contribution >= 0.6 is 15.9 Å². The van der Waals surface area contributed by atoms with Gasteiger partial charge in [0.1, 0.15) is 6.04 Å². The van der Waals surface area contributed by atoms with Crippen LogP contribution in [0, 0.1) is 11.8 Å². The fraction of sp³-hybridized carbons (Fsp3) is 0.160. The maximum Gasteiger partial charge on any atom is 0.240 e. The van der Waals surface area contributed by atoms with E-state index in [1.54, 1.807) is 30.3 Å². The molecule has 3 aliphatic rings. The van der Waals surface area contributed by atoms with Gasteiger partial charge in [0, 0.05) is 10.7 Å². The molecule has 0 saturated carbocycles. The molecule has 2 fully saturated rings. The SMILES string of the molecule is O=C(c1ccco1)[C@@H]1[C@@H]2C(=O)N(c3cccc(Br)c3)C(=O)[C@@H]2C2c3ccccc3C=CN21. The Hall–Kier alpha value is -3.45. The number of ketones is 1. The Bertz CT molecular complexity index is 1300. The molecule has 2 amide bonds. The highest BCUT2D eigenvalue weighted by atomic mass is 79.9. The summed E-state index contributed by atoms with van der Waals surface area (Å²) in [4.78, 5) is 44.1. The van der Waals surface area contributed by atoms with Crippen LogP contribution in [0.1, 0.15) is 27.7 Å². The Kier molecular flexibility index (Phi) is 4.23. The predicted octanol–water partition coefficient (Wildman–Crippen LogP) is 4.44. The van der Waals surface area contributed by atoms with E-state index in [2.05, 4.69) is 15.9 Å². The molecule has 2 saturated heterocycles. The fourth-order valence-electron chi connectivity index (χ4n) is 5.29. The number of Topliss-reactive ketones (excluding diaryl/α,β-unsaturated/α-hetero) is 1. The van der Waals surface area contributed by atoms with Gasteiger partial charge in [-0.1, -0.05) is 46.3 Å². The third kappa shape index (κ3) is 2.61. The average molecular weight is 489 g/mol. The van der Waals surface area contributed by atoms with Gasteiger partial charge in [-0.25, -0.2) is 4.90 Å². The number of fused-ring (bicyclic) bond motifs is 5. The zero-order valence-electron chi connectivity index (χ0n) is 16.7. The van der Waals surface area contributed by atoms with Gasteiger partial charge in [-0.15, -0.1) is 0 Å². The van der Waals surface area contributed by atoms with Crippen LogP contribution in [0.25, 0.3) is 6.08 Å². The van der Waals surface area contributed by atoms with Crippen molar-refractivity contribution in [2.24, 2.45) is 11.8 Å². The lowest BCUT2D eigenvalue weighted by molar-refractivity contribution is -0.123. The number of nitrogens with zero attached hydrogens (tertiary/aromatic N) is 2. The summed E-state index contributed by atoms with van der Waals surface area (Å²) in [6.45, 7) is 0. The van der Waals surface area contributed by atoms with Gasteiger partial charge in [0.15, 0.2) is 5.76 Å². The molecule has 6 nitrogen and oxygen atoms in total. The lowest BCUT2D eigenvalue weighted by Gasteiger charge is -2.35. The first-order chi connectivity index (χ1) is 15.6. The molecule has 158 valence electrons. The van der Waals surface area contributed by atoms with Crippen molar-refractivity contribution in [3.63, 3.8) is 0 Å². The first-order valence-corrected chi connectivity index (χ1v) is 11.1. The quantitative estimate of drug-likeness (QED) is 0.402.